The molecule has 1 heterocycles. The van der Waals surface area contributed by atoms with Crippen molar-refractivity contribution in [2.75, 3.05) is 33.8 Å². The minimum Gasteiger partial charge on any atom is -0.507 e. The number of aliphatic hydroxyl groups is 1. The summed E-state index contributed by atoms with van der Waals surface area (Å²) in [5, 5.41) is 11.1. The zero-order valence-electron chi connectivity index (χ0n) is 18.9. The molecule has 3 rings (SSSR count). The third kappa shape index (κ3) is 4.83. The van der Waals surface area contributed by atoms with Gasteiger partial charge in [-0.05, 0) is 82.4 Å². The summed E-state index contributed by atoms with van der Waals surface area (Å²) < 4.78 is 19.4. The number of nitrogens with zero attached hydrogens (tertiary/aromatic N) is 2. The van der Waals surface area contributed by atoms with Gasteiger partial charge in [-0.2, -0.15) is 0 Å². The first-order chi connectivity index (χ1) is 15.2. The highest BCUT2D eigenvalue weighted by Gasteiger charge is 2.45. The highest BCUT2D eigenvalue weighted by Crippen LogP contribution is 2.40. The molecular formula is C25H29FN2O4. The predicted molar refractivity (Wildman–Crippen MR) is 121 cm³/mol. The van der Waals surface area contributed by atoms with Crippen LogP contribution in [0.15, 0.2) is 48.0 Å². The predicted octanol–water partition coefficient (Wildman–Crippen LogP) is 3.91. The molecule has 0 aromatic heterocycles. The Morgan fingerprint density at radius 3 is 2.59 bits per heavy atom. The number of benzene rings is 2. The molecule has 6 nitrogen and oxygen atoms in total. The molecule has 170 valence electrons. The van der Waals surface area contributed by atoms with Gasteiger partial charge >= 0.3 is 0 Å². The summed E-state index contributed by atoms with van der Waals surface area (Å²) in [5.74, 6) is -1.52. The number of aliphatic hydroxyl groups excluding tert-OH is 1. The normalized spacial score (nSPS) is 17.9. The number of ether oxygens (including phenoxy) is 1. The number of hydrogen-bond donors (Lipinski definition) is 1. The number of ketones is 1. The van der Waals surface area contributed by atoms with Gasteiger partial charge in [0.25, 0.3) is 11.7 Å². The molecule has 0 spiro atoms. The summed E-state index contributed by atoms with van der Waals surface area (Å²) in [4.78, 5) is 29.5. The molecule has 0 saturated carbocycles. The second kappa shape index (κ2) is 9.96. The summed E-state index contributed by atoms with van der Waals surface area (Å²) in [6, 6.07) is 10.5. The third-order valence-electron chi connectivity index (χ3n) is 5.46. The van der Waals surface area contributed by atoms with Crippen molar-refractivity contribution in [3.8, 4) is 5.75 Å². The van der Waals surface area contributed by atoms with Gasteiger partial charge in [0.05, 0.1) is 18.2 Å². The van der Waals surface area contributed by atoms with Crippen molar-refractivity contribution in [3.63, 3.8) is 0 Å². The van der Waals surface area contributed by atoms with Crippen molar-refractivity contribution >= 4 is 17.4 Å². The molecule has 1 saturated heterocycles. The van der Waals surface area contributed by atoms with Crippen LogP contribution in [0.1, 0.15) is 36.1 Å². The maximum Gasteiger partial charge on any atom is 0.295 e. The minimum absolute atomic E-state index is 0.000454. The third-order valence-corrected chi connectivity index (χ3v) is 5.46. The van der Waals surface area contributed by atoms with Crippen LogP contribution in [0.25, 0.3) is 5.76 Å². The second-order valence-corrected chi connectivity index (χ2v) is 8.12. The number of Topliss-reactive ketones (excluding diaryl/α,β-unsaturated/α-hetero) is 1. The van der Waals surface area contributed by atoms with Crippen molar-refractivity contribution < 1.29 is 23.8 Å². The van der Waals surface area contributed by atoms with Crippen LogP contribution in [0.3, 0.4) is 0 Å². The lowest BCUT2D eigenvalue weighted by Gasteiger charge is -2.26. The van der Waals surface area contributed by atoms with Crippen molar-refractivity contribution in [2.45, 2.75) is 26.3 Å². The average molecular weight is 441 g/mol. The van der Waals surface area contributed by atoms with E-state index in [9.17, 15) is 19.1 Å². The number of halogens is 1. The van der Waals surface area contributed by atoms with E-state index in [0.717, 1.165) is 6.54 Å². The molecule has 1 fully saturated rings. The van der Waals surface area contributed by atoms with Gasteiger partial charge in [0.1, 0.15) is 17.3 Å². The van der Waals surface area contributed by atoms with Crippen molar-refractivity contribution in [1.82, 2.24) is 9.80 Å². The summed E-state index contributed by atoms with van der Waals surface area (Å²) in [6.07, 6.45) is 0.664. The van der Waals surface area contributed by atoms with E-state index in [0.29, 0.717) is 42.0 Å². The fourth-order valence-corrected chi connectivity index (χ4v) is 3.90. The molecule has 32 heavy (non-hydrogen) atoms. The van der Waals surface area contributed by atoms with Gasteiger partial charge in [-0.1, -0.05) is 12.1 Å². The second-order valence-electron chi connectivity index (χ2n) is 8.12. The number of hydrogen-bond acceptors (Lipinski definition) is 5. The monoisotopic (exact) mass is 440 g/mol. The molecule has 1 N–H and O–H groups in total. The quantitative estimate of drug-likeness (QED) is 0.383. The Hall–Kier alpha value is -3.19. The molecule has 1 aliphatic heterocycles. The van der Waals surface area contributed by atoms with Crippen molar-refractivity contribution in [3.05, 3.63) is 70.5 Å². The maximum atomic E-state index is 13.8. The first-order valence-corrected chi connectivity index (χ1v) is 10.7. The first kappa shape index (κ1) is 23.5. The van der Waals surface area contributed by atoms with E-state index >= 15 is 0 Å². The molecule has 1 aliphatic rings. The van der Waals surface area contributed by atoms with Crippen LogP contribution in [0.4, 0.5) is 4.39 Å². The summed E-state index contributed by atoms with van der Waals surface area (Å²) >= 11 is 0. The van der Waals surface area contributed by atoms with Gasteiger partial charge in [0, 0.05) is 12.1 Å². The highest BCUT2D eigenvalue weighted by molar-refractivity contribution is 6.46. The summed E-state index contributed by atoms with van der Waals surface area (Å²) in [5.41, 5.74) is 1.30. The lowest BCUT2D eigenvalue weighted by atomic mass is 9.94. The van der Waals surface area contributed by atoms with E-state index in [1.165, 1.54) is 23.1 Å². The Kier molecular flexibility index (Phi) is 7.30. The van der Waals surface area contributed by atoms with E-state index < -0.39 is 23.5 Å². The number of carbonyl (C=O) groups is 2. The molecule has 1 amide bonds. The van der Waals surface area contributed by atoms with E-state index in [4.69, 9.17) is 4.74 Å². The highest BCUT2D eigenvalue weighted by atomic mass is 19.1. The van der Waals surface area contributed by atoms with Crippen molar-refractivity contribution in [1.29, 1.82) is 0 Å². The molecule has 0 bridgehead atoms. The van der Waals surface area contributed by atoms with Crippen LogP contribution in [-0.2, 0) is 9.59 Å². The number of amides is 1. The van der Waals surface area contributed by atoms with Gasteiger partial charge in [0.2, 0.25) is 0 Å². The van der Waals surface area contributed by atoms with Gasteiger partial charge in [-0.3, -0.25) is 9.59 Å². The number of likely N-dealkylation sites (tertiary alicyclic amines) is 1. The van der Waals surface area contributed by atoms with E-state index in [2.05, 4.69) is 0 Å². The topological polar surface area (TPSA) is 70.1 Å². The van der Waals surface area contributed by atoms with Crippen LogP contribution in [0.2, 0.25) is 0 Å². The van der Waals surface area contributed by atoms with Crippen LogP contribution in [0.5, 0.6) is 5.75 Å². The van der Waals surface area contributed by atoms with Gasteiger partial charge < -0.3 is 19.6 Å². The average Bonchev–Trinajstić information content (AvgIpc) is 3.00. The number of carbonyl (C=O) groups excluding carboxylic acids is 2. The smallest absolute Gasteiger partial charge is 0.295 e. The maximum absolute atomic E-state index is 13.8. The van der Waals surface area contributed by atoms with E-state index in [1.54, 1.807) is 31.2 Å². The lowest BCUT2D eigenvalue weighted by Crippen LogP contribution is -2.32. The first-order valence-electron chi connectivity index (χ1n) is 10.7. The molecular weight excluding hydrogens is 411 g/mol. The standard InChI is InChI=1S/C25H29FN2O4/c1-5-32-19-9-6-8-17(15-19)22-21(23(29)18-10-11-20(26)16(2)14-18)24(30)25(31)28(22)13-7-12-27(3)4/h6,8-11,14-15,22,29H,5,7,12-13H2,1-4H3/b23-21-. The van der Waals surface area contributed by atoms with Crippen LogP contribution >= 0.6 is 0 Å². The summed E-state index contributed by atoms with van der Waals surface area (Å²) in [7, 11) is 3.88. The molecule has 1 atom stereocenters. The Labute approximate surface area is 187 Å². The van der Waals surface area contributed by atoms with Gasteiger partial charge in [-0.15, -0.1) is 0 Å². The summed E-state index contributed by atoms with van der Waals surface area (Å²) in [6.45, 7) is 5.02. The van der Waals surface area contributed by atoms with E-state index in [-0.39, 0.29) is 11.3 Å². The molecule has 7 heteroatoms. The zero-order chi connectivity index (χ0) is 23.4. The fraction of sp³-hybridized carbons (Fsp3) is 0.360. The molecule has 1 unspecified atom stereocenters. The fourth-order valence-electron chi connectivity index (χ4n) is 3.90. The van der Waals surface area contributed by atoms with Gasteiger partial charge in [-0.25, -0.2) is 4.39 Å². The molecule has 2 aromatic rings. The SMILES string of the molecule is CCOc1cccc(C2/C(=C(/O)c3ccc(F)c(C)c3)C(=O)C(=O)N2CCCN(C)C)c1. The molecule has 0 aliphatic carbocycles. The number of aryl methyl sites for hydroxylation is 1. The van der Waals surface area contributed by atoms with Crippen LogP contribution in [0, 0.1) is 12.7 Å². The van der Waals surface area contributed by atoms with E-state index in [1.807, 2.05) is 25.9 Å². The number of rotatable bonds is 8. The lowest BCUT2D eigenvalue weighted by molar-refractivity contribution is -0.139. The molecule has 0 radical (unpaired) electrons. The van der Waals surface area contributed by atoms with Gasteiger partial charge in [0.15, 0.2) is 0 Å². The van der Waals surface area contributed by atoms with Crippen LogP contribution in [-0.4, -0.2) is 60.4 Å². The Morgan fingerprint density at radius 1 is 1.19 bits per heavy atom. The Morgan fingerprint density at radius 2 is 1.94 bits per heavy atom. The zero-order valence-corrected chi connectivity index (χ0v) is 18.9. The Bertz CT molecular complexity index is 1050. The minimum atomic E-state index is -0.761. The largest absolute Gasteiger partial charge is 0.507 e. The van der Waals surface area contributed by atoms with Crippen LogP contribution < -0.4 is 4.74 Å². The molecule has 2 aromatic carbocycles. The van der Waals surface area contributed by atoms with Crippen molar-refractivity contribution in [2.24, 2.45) is 0 Å². The Balaban J connectivity index is 2.12.